The highest BCUT2D eigenvalue weighted by Crippen LogP contribution is 2.33. The highest BCUT2D eigenvalue weighted by Gasteiger charge is 2.15. The number of aromatic nitrogens is 3. The Morgan fingerprint density at radius 1 is 1.04 bits per heavy atom. The van der Waals surface area contributed by atoms with E-state index in [0.29, 0.717) is 20.7 Å². The first-order valence-electron chi connectivity index (χ1n) is 7.95. The number of hydrogen-bond acceptors (Lipinski definition) is 3. The van der Waals surface area contributed by atoms with Crippen molar-refractivity contribution in [1.82, 2.24) is 15.0 Å². The van der Waals surface area contributed by atoms with E-state index in [2.05, 4.69) is 25.9 Å². The third-order valence-electron chi connectivity index (χ3n) is 4.10. The van der Waals surface area contributed by atoms with E-state index < -0.39 is 0 Å². The lowest BCUT2D eigenvalue weighted by atomic mass is 9.98. The minimum Gasteiger partial charge on any atom is -0.345 e. The number of hydrogen-bond donors (Lipinski definition) is 1. The molecule has 3 heterocycles. The number of benzene rings is 1. The maximum atomic E-state index is 12.5. The van der Waals surface area contributed by atoms with Crippen LogP contribution in [0.15, 0.2) is 64.0 Å². The van der Waals surface area contributed by atoms with E-state index in [-0.39, 0.29) is 5.43 Å². The second kappa shape index (κ2) is 6.67. The maximum Gasteiger partial charge on any atom is 0.205 e. The van der Waals surface area contributed by atoms with Gasteiger partial charge in [-0.2, -0.15) is 0 Å². The normalized spacial score (nSPS) is 11.0. The molecule has 6 heteroatoms. The number of aromatic amines is 1. The summed E-state index contributed by atoms with van der Waals surface area (Å²) in [5.74, 6) is 0. The summed E-state index contributed by atoms with van der Waals surface area (Å²) < 4.78 is 0.467. The molecule has 26 heavy (non-hydrogen) atoms. The smallest absolute Gasteiger partial charge is 0.205 e. The molecule has 4 nitrogen and oxygen atoms in total. The van der Waals surface area contributed by atoms with Crippen LogP contribution >= 0.6 is 27.5 Å². The van der Waals surface area contributed by atoms with Crippen LogP contribution in [-0.2, 0) is 0 Å². The van der Waals surface area contributed by atoms with Crippen molar-refractivity contribution in [3.8, 4) is 22.4 Å². The van der Waals surface area contributed by atoms with Gasteiger partial charge in [0.25, 0.3) is 0 Å². The molecule has 0 bridgehead atoms. The Kier molecular flexibility index (Phi) is 4.34. The average molecular weight is 427 g/mol. The van der Waals surface area contributed by atoms with Gasteiger partial charge < -0.3 is 4.98 Å². The zero-order valence-electron chi connectivity index (χ0n) is 13.8. The van der Waals surface area contributed by atoms with Gasteiger partial charge in [-0.1, -0.05) is 41.9 Å². The van der Waals surface area contributed by atoms with Crippen molar-refractivity contribution in [3.05, 3.63) is 80.3 Å². The Hall–Kier alpha value is -2.50. The molecule has 0 unspecified atom stereocenters. The molecular formula is C20H13BrClN3O. The molecule has 1 N–H and O–H groups in total. The van der Waals surface area contributed by atoms with Crippen LogP contribution in [0.2, 0.25) is 5.15 Å². The molecule has 0 saturated heterocycles. The first kappa shape index (κ1) is 16.9. The first-order chi connectivity index (χ1) is 12.5. The van der Waals surface area contributed by atoms with Crippen LogP contribution in [0.4, 0.5) is 0 Å². The lowest BCUT2D eigenvalue weighted by molar-refractivity contribution is 1.20. The molecule has 0 aliphatic heterocycles. The fourth-order valence-corrected chi connectivity index (χ4v) is 3.52. The molecular weight excluding hydrogens is 414 g/mol. The van der Waals surface area contributed by atoms with Crippen LogP contribution in [0, 0.1) is 6.92 Å². The average Bonchev–Trinajstić information content (AvgIpc) is 2.64. The number of rotatable bonds is 2. The van der Waals surface area contributed by atoms with E-state index in [4.69, 9.17) is 16.6 Å². The Morgan fingerprint density at radius 2 is 1.81 bits per heavy atom. The number of nitrogens with zero attached hydrogens (tertiary/aromatic N) is 2. The van der Waals surface area contributed by atoms with Gasteiger partial charge in [0.2, 0.25) is 5.43 Å². The van der Waals surface area contributed by atoms with Crippen molar-refractivity contribution < 1.29 is 0 Å². The molecule has 0 fully saturated rings. The van der Waals surface area contributed by atoms with Crippen molar-refractivity contribution in [2.75, 3.05) is 0 Å². The quantitative estimate of drug-likeness (QED) is 0.438. The number of H-pyrrole nitrogens is 1. The van der Waals surface area contributed by atoms with Crippen LogP contribution in [0.5, 0.6) is 0 Å². The summed E-state index contributed by atoms with van der Waals surface area (Å²) in [6.07, 6.45) is 1.61. The summed E-state index contributed by atoms with van der Waals surface area (Å²) in [5, 5.41) is 0.918. The van der Waals surface area contributed by atoms with E-state index in [1.54, 1.807) is 12.3 Å². The molecule has 4 rings (SSSR count). The topological polar surface area (TPSA) is 58.6 Å². The summed E-state index contributed by atoms with van der Waals surface area (Å²) in [6, 6.07) is 15.4. The van der Waals surface area contributed by atoms with Gasteiger partial charge in [-0.05, 0) is 46.6 Å². The molecule has 0 radical (unpaired) electrons. The van der Waals surface area contributed by atoms with Crippen LogP contribution < -0.4 is 5.43 Å². The highest BCUT2D eigenvalue weighted by atomic mass is 79.9. The van der Waals surface area contributed by atoms with Gasteiger partial charge in [-0.25, -0.2) is 9.97 Å². The standard InChI is InChI=1S/C20H13BrClN3O/c1-11-7-13(8-17(22)24-11)14-9-15-19(26)16(21)10-23-20(15)25-18(14)12-5-3-2-4-6-12/h2-10H,1H3,(H,23,25,26). The van der Waals surface area contributed by atoms with Gasteiger partial charge in [-0.15, -0.1) is 0 Å². The second-order valence-electron chi connectivity index (χ2n) is 5.93. The SMILES string of the molecule is Cc1cc(-c2cc3c(=O)c(Br)c[nH]c3nc2-c2ccccc2)cc(Cl)n1. The van der Waals surface area contributed by atoms with Crippen molar-refractivity contribution in [1.29, 1.82) is 0 Å². The number of fused-ring (bicyclic) bond motifs is 1. The van der Waals surface area contributed by atoms with Gasteiger partial charge in [0.15, 0.2) is 0 Å². The van der Waals surface area contributed by atoms with Gasteiger partial charge in [0.1, 0.15) is 10.8 Å². The lowest BCUT2D eigenvalue weighted by Crippen LogP contribution is -2.06. The molecule has 0 amide bonds. The summed E-state index contributed by atoms with van der Waals surface area (Å²) in [7, 11) is 0. The van der Waals surface area contributed by atoms with Crippen LogP contribution in [0.3, 0.4) is 0 Å². The van der Waals surface area contributed by atoms with Crippen molar-refractivity contribution >= 4 is 38.6 Å². The van der Waals surface area contributed by atoms with E-state index in [1.807, 2.05) is 49.4 Å². The molecule has 3 aromatic heterocycles. The van der Waals surface area contributed by atoms with Crippen molar-refractivity contribution in [2.45, 2.75) is 6.92 Å². The molecule has 4 aromatic rings. The Labute approximate surface area is 163 Å². The van der Waals surface area contributed by atoms with Gasteiger partial charge in [-0.3, -0.25) is 4.79 Å². The van der Waals surface area contributed by atoms with Crippen molar-refractivity contribution in [3.63, 3.8) is 0 Å². The predicted molar refractivity (Wildman–Crippen MR) is 108 cm³/mol. The third kappa shape index (κ3) is 3.04. The lowest BCUT2D eigenvalue weighted by Gasteiger charge is -2.12. The summed E-state index contributed by atoms with van der Waals surface area (Å²) in [4.78, 5) is 24.6. The summed E-state index contributed by atoms with van der Waals surface area (Å²) in [6.45, 7) is 1.88. The fourth-order valence-electron chi connectivity index (χ4n) is 2.94. The Bertz CT molecular complexity index is 1170. The Balaban J connectivity index is 2.11. The van der Waals surface area contributed by atoms with E-state index in [1.165, 1.54) is 0 Å². The van der Waals surface area contributed by atoms with Gasteiger partial charge in [0, 0.05) is 23.0 Å². The van der Waals surface area contributed by atoms with E-state index in [0.717, 1.165) is 28.1 Å². The van der Waals surface area contributed by atoms with E-state index in [9.17, 15) is 4.79 Å². The number of aryl methyl sites for hydroxylation is 1. The molecule has 1 aromatic carbocycles. The number of nitrogens with one attached hydrogen (secondary N) is 1. The first-order valence-corrected chi connectivity index (χ1v) is 9.12. The Morgan fingerprint density at radius 3 is 2.54 bits per heavy atom. The van der Waals surface area contributed by atoms with Crippen molar-refractivity contribution in [2.24, 2.45) is 0 Å². The summed E-state index contributed by atoms with van der Waals surface area (Å²) in [5.41, 5.74) is 4.67. The zero-order valence-corrected chi connectivity index (χ0v) is 16.1. The van der Waals surface area contributed by atoms with Crippen LogP contribution in [0.25, 0.3) is 33.4 Å². The molecule has 0 spiro atoms. The third-order valence-corrected chi connectivity index (χ3v) is 4.88. The fraction of sp³-hybridized carbons (Fsp3) is 0.0500. The maximum absolute atomic E-state index is 12.5. The minimum atomic E-state index is -0.107. The molecule has 0 atom stereocenters. The molecule has 0 saturated carbocycles. The zero-order chi connectivity index (χ0) is 18.3. The summed E-state index contributed by atoms with van der Waals surface area (Å²) >= 11 is 9.45. The van der Waals surface area contributed by atoms with Crippen LogP contribution in [0.1, 0.15) is 5.69 Å². The minimum absolute atomic E-state index is 0.107. The van der Waals surface area contributed by atoms with E-state index >= 15 is 0 Å². The monoisotopic (exact) mass is 425 g/mol. The van der Waals surface area contributed by atoms with Crippen LogP contribution in [-0.4, -0.2) is 15.0 Å². The number of pyridine rings is 3. The molecule has 0 aliphatic rings. The molecule has 0 aliphatic carbocycles. The van der Waals surface area contributed by atoms with Gasteiger partial charge in [0.05, 0.1) is 15.6 Å². The molecule has 128 valence electrons. The number of halogens is 2. The highest BCUT2D eigenvalue weighted by molar-refractivity contribution is 9.10. The van der Waals surface area contributed by atoms with Gasteiger partial charge >= 0.3 is 0 Å². The largest absolute Gasteiger partial charge is 0.345 e. The predicted octanol–water partition coefficient (Wildman–Crippen LogP) is 5.38. The second-order valence-corrected chi connectivity index (χ2v) is 7.17.